The summed E-state index contributed by atoms with van der Waals surface area (Å²) >= 11 is 3.06. The van der Waals surface area contributed by atoms with Crippen LogP contribution in [0, 0.1) is 5.82 Å². The maximum absolute atomic E-state index is 13.6. The molecule has 0 saturated heterocycles. The van der Waals surface area contributed by atoms with Crippen LogP contribution in [0.1, 0.15) is 0 Å². The smallest absolute Gasteiger partial charge is 0.266 e. The van der Waals surface area contributed by atoms with Gasteiger partial charge in [0, 0.05) is 23.8 Å². The highest BCUT2D eigenvalue weighted by molar-refractivity contribution is 9.10. The molecule has 2 aromatic rings. The molecule has 0 bridgehead atoms. The van der Waals surface area contributed by atoms with Crippen molar-refractivity contribution >= 4 is 31.8 Å². The lowest BCUT2D eigenvalue weighted by atomic mass is 10.3. The van der Waals surface area contributed by atoms with Gasteiger partial charge >= 0.3 is 0 Å². The number of benzene rings is 1. The molecule has 0 atom stereocenters. The van der Waals surface area contributed by atoms with Crippen molar-refractivity contribution in [3.63, 3.8) is 0 Å². The van der Waals surface area contributed by atoms with Crippen LogP contribution in [0.15, 0.2) is 39.8 Å². The van der Waals surface area contributed by atoms with Crippen LogP contribution in [0.3, 0.4) is 0 Å². The van der Waals surface area contributed by atoms with Crippen LogP contribution in [0.25, 0.3) is 0 Å². The molecule has 0 radical (unpaired) electrons. The first-order valence-corrected chi connectivity index (χ1v) is 7.13. The van der Waals surface area contributed by atoms with Crippen LogP contribution >= 0.6 is 15.9 Å². The van der Waals surface area contributed by atoms with E-state index in [9.17, 15) is 12.8 Å². The summed E-state index contributed by atoms with van der Waals surface area (Å²) in [5.41, 5.74) is 0. The number of aryl methyl sites for hydroxylation is 1. The van der Waals surface area contributed by atoms with Gasteiger partial charge < -0.3 is 0 Å². The maximum Gasteiger partial charge on any atom is 0.266 e. The van der Waals surface area contributed by atoms with Gasteiger partial charge in [0.25, 0.3) is 10.0 Å². The van der Waals surface area contributed by atoms with E-state index < -0.39 is 20.7 Å². The summed E-state index contributed by atoms with van der Waals surface area (Å²) < 4.78 is 41.5. The van der Waals surface area contributed by atoms with E-state index in [4.69, 9.17) is 0 Å². The first-order chi connectivity index (χ1) is 8.38. The zero-order valence-electron chi connectivity index (χ0n) is 9.26. The summed E-state index contributed by atoms with van der Waals surface area (Å²) in [7, 11) is -2.32. The van der Waals surface area contributed by atoms with Gasteiger partial charge in [-0.05, 0) is 18.2 Å². The van der Waals surface area contributed by atoms with Gasteiger partial charge in [0.2, 0.25) is 0 Å². The summed E-state index contributed by atoms with van der Waals surface area (Å²) in [5, 5.41) is 3.86. The molecule has 0 aliphatic rings. The van der Waals surface area contributed by atoms with E-state index >= 15 is 0 Å². The quantitative estimate of drug-likeness (QED) is 0.935. The Morgan fingerprint density at radius 2 is 2.11 bits per heavy atom. The Bertz CT molecular complexity index is 684. The van der Waals surface area contributed by atoms with E-state index in [0.717, 1.165) is 6.07 Å². The topological polar surface area (TPSA) is 64.0 Å². The van der Waals surface area contributed by atoms with Crippen molar-refractivity contribution in [2.24, 2.45) is 7.05 Å². The Balaban J connectivity index is 2.36. The lowest BCUT2D eigenvalue weighted by Crippen LogP contribution is -2.15. The largest absolute Gasteiger partial charge is 0.274 e. The maximum atomic E-state index is 13.6. The van der Waals surface area contributed by atoms with Crippen molar-refractivity contribution in [2.75, 3.05) is 4.72 Å². The van der Waals surface area contributed by atoms with Crippen LogP contribution in [-0.4, -0.2) is 18.2 Å². The molecule has 1 aromatic heterocycles. The number of sulfonamides is 1. The average molecular weight is 334 g/mol. The van der Waals surface area contributed by atoms with E-state index in [1.807, 2.05) is 0 Å². The molecule has 18 heavy (non-hydrogen) atoms. The van der Waals surface area contributed by atoms with Gasteiger partial charge in [-0.2, -0.15) is 5.10 Å². The molecule has 5 nitrogen and oxygen atoms in total. The van der Waals surface area contributed by atoms with Crippen LogP contribution in [-0.2, 0) is 17.1 Å². The third-order valence-corrected chi connectivity index (χ3v) is 4.02. The van der Waals surface area contributed by atoms with Crippen molar-refractivity contribution in [2.45, 2.75) is 4.90 Å². The summed E-state index contributed by atoms with van der Waals surface area (Å²) in [6.45, 7) is 0. The zero-order valence-corrected chi connectivity index (χ0v) is 11.7. The Kier molecular flexibility index (Phi) is 3.40. The highest BCUT2D eigenvalue weighted by Crippen LogP contribution is 2.21. The zero-order chi connectivity index (χ0) is 13.3. The van der Waals surface area contributed by atoms with Gasteiger partial charge in [0.15, 0.2) is 5.82 Å². The van der Waals surface area contributed by atoms with Gasteiger partial charge in [-0.3, -0.25) is 9.40 Å². The van der Waals surface area contributed by atoms with Crippen molar-refractivity contribution in [1.82, 2.24) is 9.78 Å². The number of aromatic nitrogens is 2. The molecule has 0 fully saturated rings. The number of anilines is 1. The molecule has 1 aromatic carbocycles. The number of rotatable bonds is 3. The Labute approximate surface area is 112 Å². The predicted molar refractivity (Wildman–Crippen MR) is 68.1 cm³/mol. The SMILES string of the molecule is Cn1ccc(NS(=O)(=O)c2ccc(Br)cc2F)n1. The minimum Gasteiger partial charge on any atom is -0.274 e. The minimum atomic E-state index is -3.97. The summed E-state index contributed by atoms with van der Waals surface area (Å²) in [6.07, 6.45) is 1.58. The van der Waals surface area contributed by atoms with Crippen molar-refractivity contribution < 1.29 is 12.8 Å². The van der Waals surface area contributed by atoms with Gasteiger partial charge in [-0.25, -0.2) is 12.8 Å². The highest BCUT2D eigenvalue weighted by atomic mass is 79.9. The molecule has 0 aliphatic heterocycles. The minimum absolute atomic E-state index is 0.139. The molecule has 1 N–H and O–H groups in total. The van der Waals surface area contributed by atoms with Gasteiger partial charge in [0.05, 0.1) is 0 Å². The second-order valence-electron chi connectivity index (χ2n) is 3.55. The third-order valence-electron chi connectivity index (χ3n) is 2.14. The van der Waals surface area contributed by atoms with Crippen molar-refractivity contribution in [3.8, 4) is 0 Å². The number of hydrogen-bond donors (Lipinski definition) is 1. The highest BCUT2D eigenvalue weighted by Gasteiger charge is 2.20. The first-order valence-electron chi connectivity index (χ1n) is 4.86. The Morgan fingerprint density at radius 3 is 2.67 bits per heavy atom. The number of nitrogens with zero attached hydrogens (tertiary/aromatic N) is 2. The van der Waals surface area contributed by atoms with E-state index in [0.29, 0.717) is 4.47 Å². The Morgan fingerprint density at radius 1 is 1.39 bits per heavy atom. The molecule has 0 spiro atoms. The molecule has 8 heteroatoms. The standard InChI is InChI=1S/C10H9BrFN3O2S/c1-15-5-4-10(13-15)14-18(16,17)9-3-2-7(11)6-8(9)12/h2-6H,1H3,(H,13,14). The van der Waals surface area contributed by atoms with Gasteiger partial charge in [0.1, 0.15) is 10.7 Å². The van der Waals surface area contributed by atoms with Gasteiger partial charge in [-0.15, -0.1) is 0 Å². The van der Waals surface area contributed by atoms with Crippen LogP contribution in [0.5, 0.6) is 0 Å². The second-order valence-corrected chi connectivity index (χ2v) is 6.12. The molecular formula is C10H9BrFN3O2S. The van der Waals surface area contributed by atoms with Crippen molar-refractivity contribution in [3.05, 3.63) is 40.8 Å². The molecular weight excluding hydrogens is 325 g/mol. The van der Waals surface area contributed by atoms with Crippen LogP contribution in [0.4, 0.5) is 10.2 Å². The lowest BCUT2D eigenvalue weighted by molar-refractivity contribution is 0.569. The van der Waals surface area contributed by atoms with E-state index in [1.54, 1.807) is 13.2 Å². The van der Waals surface area contributed by atoms with E-state index in [2.05, 4.69) is 25.8 Å². The van der Waals surface area contributed by atoms with E-state index in [1.165, 1.54) is 22.9 Å². The van der Waals surface area contributed by atoms with Crippen LogP contribution in [0.2, 0.25) is 0 Å². The lowest BCUT2D eigenvalue weighted by Gasteiger charge is -2.06. The molecule has 0 saturated carbocycles. The summed E-state index contributed by atoms with van der Waals surface area (Å²) in [5.74, 6) is -0.687. The fraction of sp³-hybridized carbons (Fsp3) is 0.100. The van der Waals surface area contributed by atoms with Crippen molar-refractivity contribution in [1.29, 1.82) is 0 Å². The van der Waals surface area contributed by atoms with Gasteiger partial charge in [-0.1, -0.05) is 15.9 Å². The Hall–Kier alpha value is -1.41. The molecule has 0 aliphatic carbocycles. The summed E-state index contributed by atoms with van der Waals surface area (Å²) in [4.78, 5) is -0.420. The molecule has 0 unspecified atom stereocenters. The fourth-order valence-corrected chi connectivity index (χ4v) is 2.75. The first kappa shape index (κ1) is 13.0. The molecule has 1 heterocycles. The number of halogens is 2. The predicted octanol–water partition coefficient (Wildman–Crippen LogP) is 2.12. The second kappa shape index (κ2) is 4.69. The molecule has 96 valence electrons. The molecule has 0 amide bonds. The monoisotopic (exact) mass is 333 g/mol. The number of hydrogen-bond acceptors (Lipinski definition) is 3. The number of nitrogens with one attached hydrogen (secondary N) is 1. The average Bonchev–Trinajstić information content (AvgIpc) is 2.62. The molecule has 2 rings (SSSR count). The van der Waals surface area contributed by atoms with E-state index in [-0.39, 0.29) is 5.82 Å². The fourth-order valence-electron chi connectivity index (χ4n) is 1.36. The summed E-state index contributed by atoms with van der Waals surface area (Å²) in [6, 6.07) is 5.21. The third kappa shape index (κ3) is 2.70. The van der Waals surface area contributed by atoms with Crippen LogP contribution < -0.4 is 4.72 Å². The normalized spacial score (nSPS) is 11.5.